The van der Waals surface area contributed by atoms with Crippen LogP contribution in [0.25, 0.3) is 0 Å². The maximum Gasteiger partial charge on any atom is 0.215 e. The molecule has 0 saturated carbocycles. The lowest BCUT2D eigenvalue weighted by molar-refractivity contribution is 0.351. The third-order valence-electron chi connectivity index (χ3n) is 1.18. The average Bonchev–Trinajstić information content (AvgIpc) is 2.09. The first-order chi connectivity index (χ1) is 5.83. The molecule has 1 rings (SSSR count). The summed E-state index contributed by atoms with van der Waals surface area (Å²) in [6.07, 6.45) is 0. The van der Waals surface area contributed by atoms with E-state index < -0.39 is 0 Å². The van der Waals surface area contributed by atoms with Crippen molar-refractivity contribution in [1.29, 1.82) is 0 Å². The van der Waals surface area contributed by atoms with Gasteiger partial charge in [0.2, 0.25) is 9.03 Å². The molecule has 0 fully saturated rings. The fraction of sp³-hybridized carbons (Fsp3) is 0.250. The molecule has 0 heterocycles. The smallest absolute Gasteiger partial charge is 0.215 e. The minimum Gasteiger partial charge on any atom is -0.450 e. The summed E-state index contributed by atoms with van der Waals surface area (Å²) in [6, 6.07) is 5.85. The van der Waals surface area contributed by atoms with E-state index in [1.807, 2.05) is 6.92 Å². The second-order valence-corrected chi connectivity index (χ2v) is 2.73. The van der Waals surface area contributed by atoms with E-state index in [-0.39, 0.29) is 14.9 Å². The van der Waals surface area contributed by atoms with E-state index in [1.165, 1.54) is 12.1 Å². The highest BCUT2D eigenvalue weighted by Crippen LogP contribution is 2.20. The molecule has 1 aromatic carbocycles. The molecule has 0 aliphatic rings. The summed E-state index contributed by atoms with van der Waals surface area (Å²) in [5.74, 6) is 0.366. The molecule has 1 atom stereocenters. The molecule has 66 valence electrons. The molecule has 1 aromatic rings. The van der Waals surface area contributed by atoms with Gasteiger partial charge < -0.3 is 9.05 Å². The van der Waals surface area contributed by atoms with Crippen LogP contribution in [0.1, 0.15) is 6.92 Å². The Bertz CT molecular complexity index is 225. The van der Waals surface area contributed by atoms with Crippen molar-refractivity contribution in [2.45, 2.75) is 6.92 Å². The van der Waals surface area contributed by atoms with E-state index in [9.17, 15) is 4.39 Å². The first-order valence-corrected chi connectivity index (χ1v) is 4.44. The quantitative estimate of drug-likeness (QED) is 0.534. The largest absolute Gasteiger partial charge is 0.450 e. The van der Waals surface area contributed by atoms with Gasteiger partial charge in [0.05, 0.1) is 6.61 Å². The second-order valence-electron chi connectivity index (χ2n) is 2.07. The van der Waals surface area contributed by atoms with Gasteiger partial charge in [-0.2, -0.15) is 0 Å². The molecule has 2 nitrogen and oxygen atoms in total. The normalized spacial score (nSPS) is 10.8. The number of hydrogen-bond donors (Lipinski definition) is 0. The molecule has 0 spiro atoms. The predicted molar refractivity (Wildman–Crippen MR) is 47.0 cm³/mol. The first-order valence-electron chi connectivity index (χ1n) is 3.62. The van der Waals surface area contributed by atoms with Gasteiger partial charge >= 0.3 is 0 Å². The fourth-order valence-electron chi connectivity index (χ4n) is 0.639. The summed E-state index contributed by atoms with van der Waals surface area (Å²) in [7, 11) is -0.0160. The zero-order valence-electron chi connectivity index (χ0n) is 6.71. The van der Waals surface area contributed by atoms with Gasteiger partial charge in [0.25, 0.3) is 0 Å². The van der Waals surface area contributed by atoms with Gasteiger partial charge in [0, 0.05) is 0 Å². The highest BCUT2D eigenvalue weighted by atomic mass is 31.1. The lowest BCUT2D eigenvalue weighted by Gasteiger charge is -2.03. The number of halogens is 1. The topological polar surface area (TPSA) is 18.5 Å². The van der Waals surface area contributed by atoms with Crippen LogP contribution >= 0.6 is 9.03 Å². The Labute approximate surface area is 72.6 Å². The van der Waals surface area contributed by atoms with Crippen LogP contribution in [-0.2, 0) is 4.52 Å². The molecule has 0 aliphatic heterocycles. The van der Waals surface area contributed by atoms with Gasteiger partial charge in [-0.25, -0.2) is 4.39 Å². The van der Waals surface area contributed by atoms with E-state index in [2.05, 4.69) is 0 Å². The van der Waals surface area contributed by atoms with Crippen molar-refractivity contribution in [3.8, 4) is 5.75 Å². The minimum atomic E-state index is -0.262. The van der Waals surface area contributed by atoms with Gasteiger partial charge in [0.15, 0.2) is 0 Å². The highest BCUT2D eigenvalue weighted by molar-refractivity contribution is 7.26. The van der Waals surface area contributed by atoms with Gasteiger partial charge in [-0.15, -0.1) is 0 Å². The van der Waals surface area contributed by atoms with E-state index >= 15 is 0 Å². The first kappa shape index (κ1) is 9.43. The van der Waals surface area contributed by atoms with Gasteiger partial charge in [-0.05, 0) is 31.2 Å². The van der Waals surface area contributed by atoms with Gasteiger partial charge in [-0.1, -0.05) is 0 Å². The van der Waals surface area contributed by atoms with Crippen LogP contribution in [-0.4, -0.2) is 6.61 Å². The van der Waals surface area contributed by atoms with Crippen LogP contribution < -0.4 is 4.52 Å². The van der Waals surface area contributed by atoms with E-state index in [4.69, 9.17) is 9.05 Å². The number of benzene rings is 1. The molecule has 4 heteroatoms. The van der Waals surface area contributed by atoms with E-state index in [1.54, 1.807) is 12.1 Å². The molecule has 0 aromatic heterocycles. The van der Waals surface area contributed by atoms with Crippen LogP contribution in [0.5, 0.6) is 5.75 Å². The van der Waals surface area contributed by atoms with Crippen LogP contribution in [0.2, 0.25) is 0 Å². The Balaban J connectivity index is 2.37. The Morgan fingerprint density at radius 2 is 2.00 bits per heavy atom. The van der Waals surface area contributed by atoms with Crippen molar-refractivity contribution in [3.63, 3.8) is 0 Å². The SMILES string of the molecule is CCOPOc1ccc(F)cc1. The number of hydrogen-bond acceptors (Lipinski definition) is 2. The molecule has 1 unspecified atom stereocenters. The predicted octanol–water partition coefficient (Wildman–Crippen LogP) is 2.75. The third-order valence-corrected chi connectivity index (χ3v) is 1.90. The molecule has 0 amide bonds. The number of rotatable bonds is 4. The lowest BCUT2D eigenvalue weighted by Crippen LogP contribution is -1.82. The van der Waals surface area contributed by atoms with Crippen LogP contribution in [0.15, 0.2) is 24.3 Å². The Morgan fingerprint density at radius 1 is 1.33 bits per heavy atom. The van der Waals surface area contributed by atoms with Crippen molar-refractivity contribution in [2.24, 2.45) is 0 Å². The minimum absolute atomic E-state index is 0.0160. The van der Waals surface area contributed by atoms with Gasteiger partial charge in [0.1, 0.15) is 11.6 Å². The van der Waals surface area contributed by atoms with E-state index in [0.717, 1.165) is 0 Å². The standard InChI is InChI=1S/C8H10FO2P/c1-2-10-12-11-8-5-3-7(9)4-6-8/h3-6,12H,2H2,1H3. The Kier molecular flexibility index (Phi) is 3.98. The summed E-state index contributed by atoms with van der Waals surface area (Å²) >= 11 is 0. The highest BCUT2D eigenvalue weighted by Gasteiger charge is 1.93. The van der Waals surface area contributed by atoms with Crippen molar-refractivity contribution in [3.05, 3.63) is 30.1 Å². The van der Waals surface area contributed by atoms with Crippen molar-refractivity contribution < 1.29 is 13.4 Å². The van der Waals surface area contributed by atoms with Gasteiger partial charge in [-0.3, -0.25) is 0 Å². The zero-order valence-corrected chi connectivity index (χ0v) is 7.71. The summed E-state index contributed by atoms with van der Waals surface area (Å²) in [5, 5.41) is 0. The zero-order chi connectivity index (χ0) is 8.81. The molecule has 0 aliphatic carbocycles. The summed E-state index contributed by atoms with van der Waals surface area (Å²) < 4.78 is 22.5. The molecule has 0 N–H and O–H groups in total. The van der Waals surface area contributed by atoms with Crippen molar-refractivity contribution >= 4 is 9.03 Å². The molecule has 12 heavy (non-hydrogen) atoms. The monoisotopic (exact) mass is 188 g/mol. The van der Waals surface area contributed by atoms with Crippen molar-refractivity contribution in [2.75, 3.05) is 6.61 Å². The van der Waals surface area contributed by atoms with Crippen LogP contribution in [0.4, 0.5) is 4.39 Å². The molecule has 0 saturated heterocycles. The van der Waals surface area contributed by atoms with Crippen LogP contribution in [0.3, 0.4) is 0 Å². The van der Waals surface area contributed by atoms with Crippen molar-refractivity contribution in [1.82, 2.24) is 0 Å². The van der Waals surface area contributed by atoms with Crippen LogP contribution in [0, 0.1) is 5.82 Å². The molecule has 0 bridgehead atoms. The third kappa shape index (κ3) is 3.16. The second kappa shape index (κ2) is 5.07. The summed E-state index contributed by atoms with van der Waals surface area (Å²) in [4.78, 5) is 0. The molecular formula is C8H10FO2P. The Morgan fingerprint density at radius 3 is 2.58 bits per heavy atom. The lowest BCUT2D eigenvalue weighted by atomic mass is 10.3. The summed E-state index contributed by atoms with van der Waals surface area (Å²) in [5.41, 5.74) is 0. The average molecular weight is 188 g/mol. The summed E-state index contributed by atoms with van der Waals surface area (Å²) in [6.45, 7) is 2.51. The van der Waals surface area contributed by atoms with E-state index in [0.29, 0.717) is 12.4 Å². The fourth-order valence-corrected chi connectivity index (χ4v) is 1.05. The maximum atomic E-state index is 12.4. The Hall–Kier alpha value is -0.660. The maximum absolute atomic E-state index is 12.4. The molecule has 0 radical (unpaired) electrons. The molecular weight excluding hydrogens is 178 g/mol.